The zero-order valence-corrected chi connectivity index (χ0v) is 13.2. The number of aliphatic hydroxyl groups excluding tert-OH is 1. The van der Waals surface area contributed by atoms with Crippen LogP contribution in [0.5, 0.6) is 0 Å². The van der Waals surface area contributed by atoms with Gasteiger partial charge >= 0.3 is 0 Å². The van der Waals surface area contributed by atoms with Gasteiger partial charge in [0.05, 0.1) is 0 Å². The number of aryl methyl sites for hydroxylation is 1. The topological polar surface area (TPSA) is 75.3 Å². The molecule has 0 saturated heterocycles. The zero-order chi connectivity index (χ0) is 16.1. The first-order chi connectivity index (χ1) is 11.3. The van der Waals surface area contributed by atoms with Crippen LogP contribution in [-0.2, 0) is 6.42 Å². The summed E-state index contributed by atoms with van der Waals surface area (Å²) in [7, 11) is 0. The Morgan fingerprint density at radius 2 is 2.09 bits per heavy atom. The fraction of sp³-hybridized carbons (Fsp3) is 0.353. The van der Waals surface area contributed by atoms with Crippen molar-refractivity contribution < 1.29 is 5.11 Å². The van der Waals surface area contributed by atoms with E-state index in [0.717, 1.165) is 17.9 Å². The number of benzene rings is 1. The molecule has 0 spiro atoms. The van der Waals surface area contributed by atoms with Crippen molar-refractivity contribution in [3.05, 3.63) is 54.0 Å². The summed E-state index contributed by atoms with van der Waals surface area (Å²) in [6.07, 6.45) is 3.06. The first-order valence-corrected chi connectivity index (χ1v) is 7.91. The lowest BCUT2D eigenvalue weighted by Crippen LogP contribution is -2.16. The summed E-state index contributed by atoms with van der Waals surface area (Å²) >= 11 is 0. The molecule has 6 nitrogen and oxygen atoms in total. The molecule has 0 radical (unpaired) electrons. The lowest BCUT2D eigenvalue weighted by Gasteiger charge is -2.18. The SMILES string of the molecule is CCc1cc(NCC(CCO)c2ccccc2)n2ncnc2n1. The second kappa shape index (κ2) is 7.19. The number of fused-ring (bicyclic) bond motifs is 1. The lowest BCUT2D eigenvalue weighted by atomic mass is 9.96. The van der Waals surface area contributed by atoms with E-state index in [1.165, 1.54) is 11.9 Å². The summed E-state index contributed by atoms with van der Waals surface area (Å²) in [5.41, 5.74) is 2.19. The van der Waals surface area contributed by atoms with E-state index in [0.29, 0.717) is 18.7 Å². The van der Waals surface area contributed by atoms with Gasteiger partial charge in [0.15, 0.2) is 0 Å². The standard InChI is InChI=1S/C17H21N5O/c1-2-15-10-16(22-17(21-15)19-12-20-22)18-11-14(8-9-23)13-6-4-3-5-7-13/h3-7,10,12,14,18,23H,2,8-9,11H2,1H3. The third kappa shape index (κ3) is 3.48. The Morgan fingerprint density at radius 1 is 1.26 bits per heavy atom. The summed E-state index contributed by atoms with van der Waals surface area (Å²) in [6.45, 7) is 2.95. The second-order valence-corrected chi connectivity index (χ2v) is 5.46. The molecule has 1 unspecified atom stereocenters. The highest BCUT2D eigenvalue weighted by Crippen LogP contribution is 2.20. The Kier molecular flexibility index (Phi) is 4.83. The fourth-order valence-corrected chi connectivity index (χ4v) is 2.66. The Bertz CT molecular complexity index is 756. The number of rotatable bonds is 7. The van der Waals surface area contributed by atoms with E-state index >= 15 is 0 Å². The van der Waals surface area contributed by atoms with Crippen molar-refractivity contribution in [3.63, 3.8) is 0 Å². The van der Waals surface area contributed by atoms with Gasteiger partial charge in [-0.05, 0) is 18.4 Å². The second-order valence-electron chi connectivity index (χ2n) is 5.46. The van der Waals surface area contributed by atoms with Crippen molar-refractivity contribution in [1.82, 2.24) is 19.6 Å². The predicted molar refractivity (Wildman–Crippen MR) is 89.5 cm³/mol. The summed E-state index contributed by atoms with van der Waals surface area (Å²) in [5.74, 6) is 1.71. The number of nitrogens with zero attached hydrogens (tertiary/aromatic N) is 4. The number of hydrogen-bond donors (Lipinski definition) is 2. The molecule has 3 aromatic rings. The number of anilines is 1. The molecule has 0 bridgehead atoms. The minimum absolute atomic E-state index is 0.163. The molecule has 0 saturated carbocycles. The average Bonchev–Trinajstić information content (AvgIpc) is 3.07. The number of hydrogen-bond acceptors (Lipinski definition) is 5. The van der Waals surface area contributed by atoms with Crippen molar-refractivity contribution in [1.29, 1.82) is 0 Å². The Labute approximate surface area is 135 Å². The highest BCUT2D eigenvalue weighted by Gasteiger charge is 2.13. The first kappa shape index (κ1) is 15.4. The quantitative estimate of drug-likeness (QED) is 0.700. The van der Waals surface area contributed by atoms with E-state index < -0.39 is 0 Å². The fourth-order valence-electron chi connectivity index (χ4n) is 2.66. The number of nitrogens with one attached hydrogen (secondary N) is 1. The molecule has 120 valence electrons. The summed E-state index contributed by atoms with van der Waals surface area (Å²) < 4.78 is 1.71. The van der Waals surface area contributed by atoms with Crippen LogP contribution in [-0.4, -0.2) is 37.8 Å². The molecule has 1 aromatic carbocycles. The minimum Gasteiger partial charge on any atom is -0.396 e. The molecule has 2 N–H and O–H groups in total. The largest absolute Gasteiger partial charge is 0.396 e. The maximum absolute atomic E-state index is 9.35. The van der Waals surface area contributed by atoms with Crippen LogP contribution >= 0.6 is 0 Å². The van der Waals surface area contributed by atoms with Crippen LogP contribution in [0, 0.1) is 0 Å². The number of aliphatic hydroxyl groups is 1. The molecule has 3 rings (SSSR count). The minimum atomic E-state index is 0.163. The van der Waals surface area contributed by atoms with E-state index in [-0.39, 0.29) is 12.5 Å². The van der Waals surface area contributed by atoms with Crippen molar-refractivity contribution in [2.24, 2.45) is 0 Å². The third-order valence-corrected chi connectivity index (χ3v) is 3.95. The predicted octanol–water partition coefficient (Wildman–Crippen LogP) is 2.26. The van der Waals surface area contributed by atoms with E-state index in [1.54, 1.807) is 4.52 Å². The van der Waals surface area contributed by atoms with Crippen LogP contribution in [0.25, 0.3) is 5.78 Å². The Hall–Kier alpha value is -2.47. The van der Waals surface area contributed by atoms with Gasteiger partial charge < -0.3 is 10.4 Å². The van der Waals surface area contributed by atoms with E-state index in [2.05, 4.69) is 39.4 Å². The highest BCUT2D eigenvalue weighted by atomic mass is 16.3. The molecule has 0 fully saturated rings. The lowest BCUT2D eigenvalue weighted by molar-refractivity contribution is 0.277. The molecule has 23 heavy (non-hydrogen) atoms. The van der Waals surface area contributed by atoms with Gasteiger partial charge in [0.2, 0.25) is 0 Å². The Balaban J connectivity index is 1.82. The van der Waals surface area contributed by atoms with Gasteiger partial charge in [0, 0.05) is 30.8 Å². The number of aromatic nitrogens is 4. The van der Waals surface area contributed by atoms with Crippen LogP contribution in [0.1, 0.15) is 30.5 Å². The van der Waals surface area contributed by atoms with Gasteiger partial charge in [-0.15, -0.1) is 0 Å². The zero-order valence-electron chi connectivity index (χ0n) is 13.2. The molecule has 6 heteroatoms. The summed E-state index contributed by atoms with van der Waals surface area (Å²) in [6, 6.07) is 12.2. The van der Waals surface area contributed by atoms with Gasteiger partial charge in [0.25, 0.3) is 5.78 Å². The molecule has 2 heterocycles. The van der Waals surface area contributed by atoms with Crippen LogP contribution in [0.3, 0.4) is 0 Å². The molecule has 0 aliphatic carbocycles. The Morgan fingerprint density at radius 3 is 2.83 bits per heavy atom. The van der Waals surface area contributed by atoms with Gasteiger partial charge in [0.1, 0.15) is 12.1 Å². The first-order valence-electron chi connectivity index (χ1n) is 7.91. The van der Waals surface area contributed by atoms with Gasteiger partial charge in [-0.25, -0.2) is 4.98 Å². The van der Waals surface area contributed by atoms with Crippen LogP contribution in [0.2, 0.25) is 0 Å². The molecule has 1 atom stereocenters. The van der Waals surface area contributed by atoms with Gasteiger partial charge in [-0.2, -0.15) is 14.6 Å². The van der Waals surface area contributed by atoms with Crippen LogP contribution in [0.15, 0.2) is 42.7 Å². The van der Waals surface area contributed by atoms with E-state index in [4.69, 9.17) is 0 Å². The van der Waals surface area contributed by atoms with Gasteiger partial charge in [-0.1, -0.05) is 37.3 Å². The maximum Gasteiger partial charge on any atom is 0.254 e. The van der Waals surface area contributed by atoms with Crippen LogP contribution in [0.4, 0.5) is 5.82 Å². The van der Waals surface area contributed by atoms with E-state index in [1.807, 2.05) is 24.3 Å². The van der Waals surface area contributed by atoms with Crippen molar-refractivity contribution in [3.8, 4) is 0 Å². The van der Waals surface area contributed by atoms with E-state index in [9.17, 15) is 5.11 Å². The summed E-state index contributed by atoms with van der Waals surface area (Å²) in [4.78, 5) is 8.62. The molecule has 2 aromatic heterocycles. The highest BCUT2D eigenvalue weighted by molar-refractivity contribution is 5.45. The summed E-state index contributed by atoms with van der Waals surface area (Å²) in [5, 5.41) is 17.0. The molecular weight excluding hydrogens is 290 g/mol. The molecule has 0 amide bonds. The molecule has 0 aliphatic heterocycles. The third-order valence-electron chi connectivity index (χ3n) is 3.95. The van der Waals surface area contributed by atoms with Crippen molar-refractivity contribution in [2.45, 2.75) is 25.7 Å². The van der Waals surface area contributed by atoms with Crippen molar-refractivity contribution >= 4 is 11.6 Å². The smallest absolute Gasteiger partial charge is 0.254 e. The van der Waals surface area contributed by atoms with Crippen LogP contribution < -0.4 is 5.32 Å². The normalized spacial score (nSPS) is 12.4. The van der Waals surface area contributed by atoms with Gasteiger partial charge in [-0.3, -0.25) is 0 Å². The molecular formula is C17H21N5O. The maximum atomic E-state index is 9.35. The van der Waals surface area contributed by atoms with Crippen molar-refractivity contribution in [2.75, 3.05) is 18.5 Å². The monoisotopic (exact) mass is 311 g/mol. The molecule has 0 aliphatic rings. The average molecular weight is 311 g/mol.